The molecular weight excluding hydrogens is 272 g/mol. The van der Waals surface area contributed by atoms with E-state index in [0.717, 1.165) is 34.5 Å². The predicted molar refractivity (Wildman–Crippen MR) is 87.9 cm³/mol. The van der Waals surface area contributed by atoms with E-state index in [1.54, 1.807) is 0 Å². The Morgan fingerprint density at radius 1 is 1.00 bits per heavy atom. The number of nitrogens with zero attached hydrogens (tertiary/aromatic N) is 1. The predicted octanol–water partition coefficient (Wildman–Crippen LogP) is 4.06. The Labute approximate surface area is 130 Å². The summed E-state index contributed by atoms with van der Waals surface area (Å²) in [7, 11) is 0. The van der Waals surface area contributed by atoms with E-state index in [0.29, 0.717) is 6.42 Å². The molecule has 22 heavy (non-hydrogen) atoms. The van der Waals surface area contributed by atoms with Crippen molar-refractivity contribution in [3.8, 4) is 11.3 Å². The Bertz CT molecular complexity index is 761. The molecule has 1 N–H and O–H groups in total. The highest BCUT2D eigenvalue weighted by molar-refractivity contribution is 5.98. The molecule has 0 spiro atoms. The van der Waals surface area contributed by atoms with Crippen LogP contribution in [-0.2, 0) is 12.8 Å². The Kier molecular flexibility index (Phi) is 4.15. The number of aromatic amines is 1. The lowest BCUT2D eigenvalue weighted by Crippen LogP contribution is -2.05. The number of carbonyl (C=O) groups excluding carboxylic acids is 1. The second kappa shape index (κ2) is 6.39. The molecule has 0 saturated heterocycles. The molecule has 0 aliphatic carbocycles. The van der Waals surface area contributed by atoms with Crippen molar-refractivity contribution in [3.05, 3.63) is 77.5 Å². The van der Waals surface area contributed by atoms with Crippen LogP contribution in [-0.4, -0.2) is 16.0 Å². The molecule has 3 aromatic rings. The van der Waals surface area contributed by atoms with Crippen LogP contribution in [0.5, 0.6) is 0 Å². The number of rotatable bonds is 5. The molecule has 0 saturated carbocycles. The minimum atomic E-state index is 0.119. The van der Waals surface area contributed by atoms with Gasteiger partial charge in [0, 0.05) is 28.8 Å². The van der Waals surface area contributed by atoms with Gasteiger partial charge in [-0.05, 0) is 6.42 Å². The minimum absolute atomic E-state index is 0.119. The molecule has 0 unspecified atom stereocenters. The van der Waals surface area contributed by atoms with Gasteiger partial charge in [0.25, 0.3) is 0 Å². The molecule has 1 aromatic heterocycles. The smallest absolute Gasteiger partial charge is 0.167 e. The van der Waals surface area contributed by atoms with Gasteiger partial charge in [0.05, 0.1) is 5.69 Å². The normalized spacial score (nSPS) is 10.6. The first kappa shape index (κ1) is 14.3. The maximum Gasteiger partial charge on any atom is 0.167 e. The molecular formula is C19H18N2O. The van der Waals surface area contributed by atoms with Crippen molar-refractivity contribution in [1.82, 2.24) is 10.2 Å². The zero-order valence-electron chi connectivity index (χ0n) is 12.5. The van der Waals surface area contributed by atoms with Crippen LogP contribution in [0.2, 0.25) is 0 Å². The maximum atomic E-state index is 12.5. The highest BCUT2D eigenvalue weighted by atomic mass is 16.1. The van der Waals surface area contributed by atoms with E-state index in [1.807, 2.05) is 60.7 Å². The van der Waals surface area contributed by atoms with Crippen LogP contribution < -0.4 is 0 Å². The van der Waals surface area contributed by atoms with Crippen LogP contribution in [0, 0.1) is 0 Å². The van der Waals surface area contributed by atoms with Crippen molar-refractivity contribution in [3.63, 3.8) is 0 Å². The number of carbonyl (C=O) groups is 1. The Hall–Kier alpha value is -2.68. The zero-order chi connectivity index (χ0) is 15.4. The second-order valence-corrected chi connectivity index (χ2v) is 5.21. The highest BCUT2D eigenvalue weighted by Gasteiger charge is 2.17. The summed E-state index contributed by atoms with van der Waals surface area (Å²) in [5, 5.41) is 7.50. The lowest BCUT2D eigenvalue weighted by atomic mass is 9.97. The van der Waals surface area contributed by atoms with Crippen LogP contribution in [0.4, 0.5) is 0 Å². The third-order valence-electron chi connectivity index (χ3n) is 3.79. The molecule has 3 heteroatoms. The molecule has 0 aliphatic heterocycles. The van der Waals surface area contributed by atoms with E-state index >= 15 is 0 Å². The number of H-pyrrole nitrogens is 1. The average molecular weight is 290 g/mol. The van der Waals surface area contributed by atoms with Gasteiger partial charge in [0.2, 0.25) is 0 Å². The molecule has 0 fully saturated rings. The molecule has 110 valence electrons. The fraction of sp³-hybridized carbons (Fsp3) is 0.158. The quantitative estimate of drug-likeness (QED) is 0.720. The fourth-order valence-corrected chi connectivity index (χ4v) is 2.61. The zero-order valence-corrected chi connectivity index (χ0v) is 12.5. The molecule has 3 rings (SSSR count). The van der Waals surface area contributed by atoms with Gasteiger partial charge < -0.3 is 0 Å². The van der Waals surface area contributed by atoms with E-state index in [4.69, 9.17) is 0 Å². The van der Waals surface area contributed by atoms with Crippen molar-refractivity contribution in [2.45, 2.75) is 19.8 Å². The molecule has 0 bridgehead atoms. The molecule has 2 aromatic carbocycles. The van der Waals surface area contributed by atoms with Crippen molar-refractivity contribution in [2.24, 2.45) is 0 Å². The van der Waals surface area contributed by atoms with Gasteiger partial charge in [0.1, 0.15) is 0 Å². The third-order valence-corrected chi connectivity index (χ3v) is 3.79. The van der Waals surface area contributed by atoms with Gasteiger partial charge in [-0.2, -0.15) is 5.10 Å². The van der Waals surface area contributed by atoms with Crippen LogP contribution in [0.3, 0.4) is 0 Å². The first-order valence-electron chi connectivity index (χ1n) is 7.49. The number of hydrogen-bond donors (Lipinski definition) is 1. The van der Waals surface area contributed by atoms with Gasteiger partial charge in [-0.25, -0.2) is 0 Å². The van der Waals surface area contributed by atoms with E-state index in [9.17, 15) is 4.79 Å². The van der Waals surface area contributed by atoms with Gasteiger partial charge in [-0.15, -0.1) is 0 Å². The summed E-state index contributed by atoms with van der Waals surface area (Å²) in [4.78, 5) is 12.5. The van der Waals surface area contributed by atoms with E-state index in [-0.39, 0.29) is 5.78 Å². The molecule has 0 amide bonds. The average Bonchev–Trinajstić information content (AvgIpc) is 2.99. The van der Waals surface area contributed by atoms with Crippen molar-refractivity contribution in [1.29, 1.82) is 0 Å². The monoisotopic (exact) mass is 290 g/mol. The van der Waals surface area contributed by atoms with Crippen LogP contribution in [0.1, 0.15) is 28.5 Å². The van der Waals surface area contributed by atoms with Gasteiger partial charge in [-0.1, -0.05) is 67.6 Å². The summed E-state index contributed by atoms with van der Waals surface area (Å²) >= 11 is 0. The minimum Gasteiger partial charge on any atom is -0.294 e. The molecule has 3 nitrogen and oxygen atoms in total. The van der Waals surface area contributed by atoms with Crippen molar-refractivity contribution >= 4 is 5.78 Å². The van der Waals surface area contributed by atoms with E-state index in [1.165, 1.54) is 0 Å². The van der Waals surface area contributed by atoms with Crippen LogP contribution in [0.15, 0.2) is 60.7 Å². The number of aryl methyl sites for hydroxylation is 1. The van der Waals surface area contributed by atoms with Gasteiger partial charge in [-0.3, -0.25) is 9.89 Å². The SMILES string of the molecule is CCc1[nH]nc(-c2ccccc2)c1CC(=O)c1ccccc1. The second-order valence-electron chi connectivity index (χ2n) is 5.21. The topological polar surface area (TPSA) is 45.8 Å². The van der Waals surface area contributed by atoms with E-state index in [2.05, 4.69) is 17.1 Å². The first-order chi connectivity index (χ1) is 10.8. The number of hydrogen-bond acceptors (Lipinski definition) is 2. The molecule has 0 radical (unpaired) electrons. The lowest BCUT2D eigenvalue weighted by molar-refractivity contribution is 0.0993. The number of ketones is 1. The molecule has 0 atom stereocenters. The first-order valence-corrected chi connectivity index (χ1v) is 7.49. The Morgan fingerprint density at radius 3 is 2.27 bits per heavy atom. The number of benzene rings is 2. The van der Waals surface area contributed by atoms with Gasteiger partial charge in [0.15, 0.2) is 5.78 Å². The number of aromatic nitrogens is 2. The third kappa shape index (κ3) is 2.84. The van der Waals surface area contributed by atoms with E-state index < -0.39 is 0 Å². The summed E-state index contributed by atoms with van der Waals surface area (Å²) in [5.74, 6) is 0.119. The van der Waals surface area contributed by atoms with Crippen LogP contribution >= 0.6 is 0 Å². The summed E-state index contributed by atoms with van der Waals surface area (Å²) in [6.45, 7) is 2.07. The summed E-state index contributed by atoms with van der Waals surface area (Å²) in [6.07, 6.45) is 1.20. The lowest BCUT2D eigenvalue weighted by Gasteiger charge is -2.05. The summed E-state index contributed by atoms with van der Waals surface area (Å²) < 4.78 is 0. The van der Waals surface area contributed by atoms with Crippen molar-refractivity contribution in [2.75, 3.05) is 0 Å². The van der Waals surface area contributed by atoms with Crippen molar-refractivity contribution < 1.29 is 4.79 Å². The Balaban J connectivity index is 1.96. The highest BCUT2D eigenvalue weighted by Crippen LogP contribution is 2.25. The summed E-state index contributed by atoms with van der Waals surface area (Å²) in [6, 6.07) is 19.4. The molecule has 0 aliphatic rings. The largest absolute Gasteiger partial charge is 0.294 e. The summed E-state index contributed by atoms with van der Waals surface area (Å²) in [5.41, 5.74) is 4.69. The van der Waals surface area contributed by atoms with Crippen LogP contribution in [0.25, 0.3) is 11.3 Å². The fourth-order valence-electron chi connectivity index (χ4n) is 2.61. The number of Topliss-reactive ketones (excluding diaryl/α,β-unsaturated/α-hetero) is 1. The Morgan fingerprint density at radius 2 is 1.64 bits per heavy atom. The standard InChI is InChI=1S/C19H18N2O/c1-2-17-16(13-18(22)14-9-5-3-6-10-14)19(21-20-17)15-11-7-4-8-12-15/h3-12H,2,13H2,1H3,(H,20,21). The maximum absolute atomic E-state index is 12.5. The number of nitrogens with one attached hydrogen (secondary N) is 1. The van der Waals surface area contributed by atoms with Gasteiger partial charge >= 0.3 is 0 Å². The molecule has 1 heterocycles.